The monoisotopic (exact) mass is 552 g/mol. The second kappa shape index (κ2) is 8.59. The van der Waals surface area contributed by atoms with Crippen LogP contribution in [0.3, 0.4) is 0 Å². The number of rotatable bonds is 5. The first-order chi connectivity index (χ1) is 15.5. The van der Waals surface area contributed by atoms with Gasteiger partial charge in [-0.05, 0) is 45.0 Å². The molecule has 2 N–H and O–H groups in total. The summed E-state index contributed by atoms with van der Waals surface area (Å²) in [6.45, 7) is 6.38. The number of fused-ring (bicyclic) bond motifs is 1. The summed E-state index contributed by atoms with van der Waals surface area (Å²) >= 11 is 4.22. The van der Waals surface area contributed by atoms with Crippen molar-refractivity contribution in [3.63, 3.8) is 0 Å². The highest BCUT2D eigenvalue weighted by Crippen LogP contribution is 2.34. The number of hydrogen-bond acceptors (Lipinski definition) is 5. The average Bonchev–Trinajstić information content (AvgIpc) is 3.50. The quantitative estimate of drug-likeness (QED) is 0.197. The fourth-order valence-electron chi connectivity index (χ4n) is 3.72. The Labute approximate surface area is 203 Å². The molecule has 0 saturated carbocycles. The number of nitrogens with one attached hydrogen (secondary N) is 2. The third-order valence-electron chi connectivity index (χ3n) is 5.19. The number of thiophene rings is 1. The van der Waals surface area contributed by atoms with Crippen LogP contribution in [0.15, 0.2) is 55.0 Å². The Morgan fingerprint density at radius 1 is 1.16 bits per heavy atom. The molecule has 0 unspecified atom stereocenters. The fourth-order valence-corrected chi connectivity index (χ4v) is 4.98. The van der Waals surface area contributed by atoms with Gasteiger partial charge in [0.05, 0.1) is 23.1 Å². The van der Waals surface area contributed by atoms with Crippen LogP contribution in [-0.2, 0) is 0 Å². The molecule has 1 aromatic carbocycles. The topological polar surface area (TPSA) is 83.1 Å². The Hall–Kier alpha value is -2.85. The molecule has 0 aliphatic heterocycles. The molecule has 0 radical (unpaired) electrons. The van der Waals surface area contributed by atoms with Crippen LogP contribution in [0.25, 0.3) is 39.3 Å². The van der Waals surface area contributed by atoms with Crippen LogP contribution in [-0.4, -0.2) is 34.1 Å². The van der Waals surface area contributed by atoms with Crippen LogP contribution in [0.4, 0.5) is 0 Å². The van der Waals surface area contributed by atoms with E-state index in [-0.39, 0.29) is 0 Å². The number of halogens is 1. The molecule has 160 valence electrons. The molecule has 1 atom stereocenters. The highest BCUT2D eigenvalue weighted by atomic mass is 127. The third-order valence-corrected chi connectivity index (χ3v) is 6.58. The van der Waals surface area contributed by atoms with Crippen LogP contribution in [0.5, 0.6) is 0 Å². The lowest BCUT2D eigenvalue weighted by atomic mass is 10.1. The molecule has 5 aromatic rings. The van der Waals surface area contributed by atoms with Gasteiger partial charge in [0.1, 0.15) is 5.69 Å². The summed E-state index contributed by atoms with van der Waals surface area (Å²) in [5, 5.41) is 8.70. The molecular weight excluding hydrogens is 531 g/mol. The maximum atomic E-state index is 5.01. The van der Waals surface area contributed by atoms with E-state index in [0.29, 0.717) is 3.92 Å². The molecule has 4 aromatic heterocycles. The number of aryl methyl sites for hydroxylation is 2. The van der Waals surface area contributed by atoms with Crippen LogP contribution in [0, 0.1) is 13.8 Å². The largest absolute Gasteiger partial charge is 0.340 e. The van der Waals surface area contributed by atoms with Gasteiger partial charge in [0, 0.05) is 48.3 Å². The minimum atomic E-state index is 0.380. The Morgan fingerprint density at radius 2 is 2.03 bits per heavy atom. The molecule has 0 bridgehead atoms. The SMILES string of the molecule is Cc1ccc(/C(=C/[C@@H](C)I)c2nc(-c3n[nH]c4ccc(-c5cnccn5)cc34)[nH]c2C)s1. The smallest absolute Gasteiger partial charge is 0.159 e. The second-order valence-corrected chi connectivity index (χ2v) is 10.9. The van der Waals surface area contributed by atoms with Crippen LogP contribution >= 0.6 is 33.9 Å². The Kier molecular flexibility index (Phi) is 5.64. The van der Waals surface area contributed by atoms with E-state index in [1.54, 1.807) is 29.9 Å². The van der Waals surface area contributed by atoms with E-state index in [2.05, 4.69) is 92.8 Å². The number of aromatic amines is 2. The van der Waals surface area contributed by atoms with E-state index in [9.17, 15) is 0 Å². The number of nitrogens with zero attached hydrogens (tertiary/aromatic N) is 4. The van der Waals surface area contributed by atoms with Gasteiger partial charge in [0.15, 0.2) is 5.82 Å². The molecule has 8 heteroatoms. The number of alkyl halides is 1. The molecule has 0 spiro atoms. The first-order valence-electron chi connectivity index (χ1n) is 10.2. The van der Waals surface area contributed by atoms with Crippen molar-refractivity contribution in [2.24, 2.45) is 0 Å². The molecule has 0 fully saturated rings. The lowest BCUT2D eigenvalue weighted by molar-refractivity contribution is 1.10. The van der Waals surface area contributed by atoms with E-state index in [1.165, 1.54) is 9.75 Å². The standard InChI is InChI=1S/C24H21IN6S/c1-13(25)10-18(21-7-4-14(2)32-21)22-15(3)28-24(29-22)23-17-11-16(5-6-19(17)30-31-23)20-12-26-8-9-27-20/h4-13H,1-3H3,(H,28,29)(H,30,31)/b18-10-/t13-/m1/s1. The lowest BCUT2D eigenvalue weighted by Crippen LogP contribution is -1.93. The number of aromatic nitrogens is 6. The van der Waals surface area contributed by atoms with Crippen molar-refractivity contribution in [2.75, 3.05) is 0 Å². The van der Waals surface area contributed by atoms with Crippen molar-refractivity contribution in [3.05, 3.63) is 76.1 Å². The molecule has 6 nitrogen and oxygen atoms in total. The molecule has 5 rings (SSSR count). The van der Waals surface area contributed by atoms with Crippen molar-refractivity contribution in [3.8, 4) is 22.8 Å². The molecular formula is C24H21IN6S. The Balaban J connectivity index is 1.62. The highest BCUT2D eigenvalue weighted by molar-refractivity contribution is 14.1. The van der Waals surface area contributed by atoms with Crippen molar-refractivity contribution in [1.82, 2.24) is 30.1 Å². The van der Waals surface area contributed by atoms with Gasteiger partial charge >= 0.3 is 0 Å². The van der Waals surface area contributed by atoms with Gasteiger partial charge in [-0.15, -0.1) is 11.3 Å². The van der Waals surface area contributed by atoms with Crippen LogP contribution in [0.2, 0.25) is 0 Å². The number of hydrogen-bond donors (Lipinski definition) is 2. The predicted octanol–water partition coefficient (Wildman–Crippen LogP) is 6.34. The van der Waals surface area contributed by atoms with Gasteiger partial charge in [0.25, 0.3) is 0 Å². The average molecular weight is 552 g/mol. The zero-order chi connectivity index (χ0) is 22.2. The fraction of sp³-hybridized carbons (Fsp3) is 0.167. The lowest BCUT2D eigenvalue weighted by Gasteiger charge is -2.05. The van der Waals surface area contributed by atoms with Crippen molar-refractivity contribution in [2.45, 2.75) is 24.7 Å². The normalized spacial score (nSPS) is 13.1. The van der Waals surface area contributed by atoms with E-state index in [1.807, 2.05) is 12.1 Å². The summed E-state index contributed by atoms with van der Waals surface area (Å²) in [7, 11) is 0. The van der Waals surface area contributed by atoms with E-state index in [0.717, 1.165) is 50.6 Å². The maximum absolute atomic E-state index is 5.01. The van der Waals surface area contributed by atoms with Gasteiger partial charge in [-0.1, -0.05) is 34.7 Å². The van der Waals surface area contributed by atoms with E-state index >= 15 is 0 Å². The third kappa shape index (κ3) is 4.00. The number of benzene rings is 1. The van der Waals surface area contributed by atoms with Crippen molar-refractivity contribution < 1.29 is 0 Å². The van der Waals surface area contributed by atoms with Gasteiger partial charge in [0.2, 0.25) is 0 Å². The molecule has 32 heavy (non-hydrogen) atoms. The second-order valence-electron chi connectivity index (χ2n) is 7.65. The molecule has 0 aliphatic carbocycles. The minimum absolute atomic E-state index is 0.380. The molecule has 0 amide bonds. The van der Waals surface area contributed by atoms with E-state index in [4.69, 9.17) is 4.98 Å². The summed E-state index contributed by atoms with van der Waals surface area (Å²) in [5.74, 6) is 0.750. The van der Waals surface area contributed by atoms with Crippen LogP contribution in [0.1, 0.15) is 28.1 Å². The van der Waals surface area contributed by atoms with Gasteiger partial charge in [-0.3, -0.25) is 15.1 Å². The molecule has 0 aliphatic rings. The number of allylic oxidation sites excluding steroid dienone is 1. The van der Waals surface area contributed by atoms with Crippen molar-refractivity contribution >= 4 is 50.4 Å². The van der Waals surface area contributed by atoms with E-state index < -0.39 is 0 Å². The number of imidazole rings is 1. The van der Waals surface area contributed by atoms with Gasteiger partial charge < -0.3 is 4.98 Å². The first kappa shape index (κ1) is 21.0. The van der Waals surface area contributed by atoms with Crippen molar-refractivity contribution in [1.29, 1.82) is 0 Å². The molecule has 0 saturated heterocycles. The summed E-state index contributed by atoms with van der Waals surface area (Å²) < 4.78 is 0.380. The van der Waals surface area contributed by atoms with Crippen LogP contribution < -0.4 is 0 Å². The Morgan fingerprint density at radius 3 is 2.75 bits per heavy atom. The van der Waals surface area contributed by atoms with Gasteiger partial charge in [-0.25, -0.2) is 4.98 Å². The Bertz CT molecular complexity index is 1430. The molecule has 4 heterocycles. The predicted molar refractivity (Wildman–Crippen MR) is 139 cm³/mol. The zero-order valence-electron chi connectivity index (χ0n) is 17.8. The number of H-pyrrole nitrogens is 2. The summed E-state index contributed by atoms with van der Waals surface area (Å²) in [6, 6.07) is 10.5. The first-order valence-corrected chi connectivity index (χ1v) is 12.3. The summed E-state index contributed by atoms with van der Waals surface area (Å²) in [5.41, 5.74) is 6.71. The minimum Gasteiger partial charge on any atom is -0.340 e. The summed E-state index contributed by atoms with van der Waals surface area (Å²) in [6.07, 6.45) is 7.41. The zero-order valence-corrected chi connectivity index (χ0v) is 20.8. The van der Waals surface area contributed by atoms with Gasteiger partial charge in [-0.2, -0.15) is 5.10 Å². The highest BCUT2D eigenvalue weighted by Gasteiger charge is 2.19. The summed E-state index contributed by atoms with van der Waals surface area (Å²) in [4.78, 5) is 19.6. The maximum Gasteiger partial charge on any atom is 0.159 e.